The lowest BCUT2D eigenvalue weighted by Gasteiger charge is -2.05. The van der Waals surface area contributed by atoms with Crippen LogP contribution in [0.3, 0.4) is 0 Å². The predicted octanol–water partition coefficient (Wildman–Crippen LogP) is 3.10. The number of nitrogen functional groups attached to an aromatic ring is 1. The van der Waals surface area contributed by atoms with Crippen LogP contribution in [0.5, 0.6) is 0 Å². The van der Waals surface area contributed by atoms with E-state index in [4.69, 9.17) is 5.73 Å². The average Bonchev–Trinajstić information content (AvgIpc) is 2.68. The number of rotatable bonds is 4. The van der Waals surface area contributed by atoms with Gasteiger partial charge in [-0.05, 0) is 34.1 Å². The fraction of sp³-hybridized carbons (Fsp3) is 0.250. The Balaban J connectivity index is 1.92. The minimum absolute atomic E-state index is 0.783. The summed E-state index contributed by atoms with van der Waals surface area (Å²) >= 11 is 5.33. The molecule has 0 unspecified atom stereocenters. The molecule has 0 fully saturated rings. The molecule has 0 bridgehead atoms. The number of aryl methyl sites for hydroxylation is 2. The molecular formula is C12H14BrN3S. The smallest absolute Gasteiger partial charge is 0.109 e. The highest BCUT2D eigenvalue weighted by molar-refractivity contribution is 9.10. The minimum atomic E-state index is 0.783. The van der Waals surface area contributed by atoms with Gasteiger partial charge in [-0.25, -0.2) is 4.98 Å². The van der Waals surface area contributed by atoms with E-state index in [9.17, 15) is 0 Å². The van der Waals surface area contributed by atoms with E-state index in [-0.39, 0.29) is 0 Å². The van der Waals surface area contributed by atoms with Crippen molar-refractivity contribution in [3.63, 3.8) is 0 Å². The molecule has 0 aliphatic carbocycles. The number of benzene rings is 1. The van der Waals surface area contributed by atoms with Crippen LogP contribution in [0.1, 0.15) is 5.82 Å². The highest BCUT2D eigenvalue weighted by atomic mass is 79.9. The fourth-order valence-corrected chi connectivity index (χ4v) is 3.13. The third kappa shape index (κ3) is 3.26. The summed E-state index contributed by atoms with van der Waals surface area (Å²) in [5.74, 6) is 2.12. The summed E-state index contributed by atoms with van der Waals surface area (Å²) in [6, 6.07) is 5.90. The van der Waals surface area contributed by atoms with Gasteiger partial charge in [0.05, 0.1) is 0 Å². The highest BCUT2D eigenvalue weighted by Gasteiger charge is 2.03. The Labute approximate surface area is 114 Å². The van der Waals surface area contributed by atoms with Crippen molar-refractivity contribution in [3.05, 3.63) is 40.9 Å². The fourth-order valence-electron chi connectivity index (χ4n) is 1.52. The number of aromatic nitrogens is 2. The van der Waals surface area contributed by atoms with Gasteiger partial charge in [-0.15, -0.1) is 11.8 Å². The molecule has 1 heterocycles. The first-order chi connectivity index (χ1) is 8.16. The second kappa shape index (κ2) is 5.60. The Morgan fingerprint density at radius 1 is 1.47 bits per heavy atom. The molecule has 0 radical (unpaired) electrons. The van der Waals surface area contributed by atoms with E-state index in [2.05, 4.69) is 25.5 Å². The monoisotopic (exact) mass is 311 g/mol. The van der Waals surface area contributed by atoms with Crippen LogP contribution in [0.2, 0.25) is 0 Å². The van der Waals surface area contributed by atoms with Crippen LogP contribution in [-0.2, 0) is 13.5 Å². The van der Waals surface area contributed by atoms with Crippen LogP contribution in [0.25, 0.3) is 0 Å². The van der Waals surface area contributed by atoms with Gasteiger partial charge < -0.3 is 10.3 Å². The SMILES string of the molecule is Cn1ccnc1CCSc1ccc(N)cc1Br. The van der Waals surface area contributed by atoms with E-state index in [0.717, 1.165) is 28.2 Å². The van der Waals surface area contributed by atoms with Crippen molar-refractivity contribution < 1.29 is 0 Å². The van der Waals surface area contributed by atoms with E-state index in [0.29, 0.717) is 0 Å². The Hall–Kier alpha value is -0.940. The first-order valence-electron chi connectivity index (χ1n) is 5.31. The number of hydrogen-bond donors (Lipinski definition) is 1. The summed E-state index contributed by atoms with van der Waals surface area (Å²) in [6.07, 6.45) is 4.77. The van der Waals surface area contributed by atoms with Crippen molar-refractivity contribution in [3.8, 4) is 0 Å². The number of hydrogen-bond acceptors (Lipinski definition) is 3. The van der Waals surface area contributed by atoms with Gasteiger partial charge in [0.2, 0.25) is 0 Å². The van der Waals surface area contributed by atoms with Gasteiger partial charge in [0, 0.05) is 46.7 Å². The zero-order chi connectivity index (χ0) is 12.3. The number of thioether (sulfide) groups is 1. The Morgan fingerprint density at radius 2 is 2.29 bits per heavy atom. The van der Waals surface area contributed by atoms with Crippen LogP contribution >= 0.6 is 27.7 Å². The second-order valence-electron chi connectivity index (χ2n) is 3.74. The third-order valence-corrected chi connectivity index (χ3v) is 4.45. The Bertz CT molecular complexity index is 510. The average molecular weight is 312 g/mol. The summed E-state index contributed by atoms with van der Waals surface area (Å²) in [7, 11) is 2.02. The maximum Gasteiger partial charge on any atom is 0.109 e. The van der Waals surface area contributed by atoms with Crippen molar-refractivity contribution in [1.29, 1.82) is 0 Å². The van der Waals surface area contributed by atoms with Crippen LogP contribution in [0, 0.1) is 0 Å². The largest absolute Gasteiger partial charge is 0.399 e. The molecule has 3 nitrogen and oxygen atoms in total. The molecule has 90 valence electrons. The van der Waals surface area contributed by atoms with Crippen molar-refractivity contribution in [1.82, 2.24) is 9.55 Å². The van der Waals surface area contributed by atoms with Gasteiger partial charge in [0.15, 0.2) is 0 Å². The molecule has 0 saturated heterocycles. The number of nitrogens with zero attached hydrogens (tertiary/aromatic N) is 2. The molecule has 0 amide bonds. The number of nitrogens with two attached hydrogens (primary N) is 1. The lowest BCUT2D eigenvalue weighted by atomic mass is 10.3. The van der Waals surface area contributed by atoms with Gasteiger partial charge >= 0.3 is 0 Å². The van der Waals surface area contributed by atoms with Gasteiger partial charge in [0.1, 0.15) is 5.82 Å². The van der Waals surface area contributed by atoms with Crippen molar-refractivity contribution >= 4 is 33.4 Å². The molecule has 17 heavy (non-hydrogen) atoms. The third-order valence-electron chi connectivity index (χ3n) is 2.46. The quantitative estimate of drug-likeness (QED) is 0.697. The first-order valence-corrected chi connectivity index (χ1v) is 7.08. The molecular weight excluding hydrogens is 298 g/mol. The lowest BCUT2D eigenvalue weighted by molar-refractivity contribution is 0.811. The summed E-state index contributed by atoms with van der Waals surface area (Å²) < 4.78 is 3.11. The van der Waals surface area contributed by atoms with Gasteiger partial charge in [0.25, 0.3) is 0 Å². The van der Waals surface area contributed by atoms with Crippen LogP contribution < -0.4 is 5.73 Å². The Morgan fingerprint density at radius 3 is 2.94 bits per heavy atom. The van der Waals surface area contributed by atoms with Gasteiger partial charge in [-0.2, -0.15) is 0 Å². The van der Waals surface area contributed by atoms with Crippen molar-refractivity contribution in [2.45, 2.75) is 11.3 Å². The highest BCUT2D eigenvalue weighted by Crippen LogP contribution is 2.29. The maximum atomic E-state index is 5.70. The molecule has 2 aromatic rings. The van der Waals surface area contributed by atoms with Gasteiger partial charge in [-0.1, -0.05) is 0 Å². The predicted molar refractivity (Wildman–Crippen MR) is 76.2 cm³/mol. The molecule has 5 heteroatoms. The molecule has 0 atom stereocenters. The van der Waals surface area contributed by atoms with E-state index < -0.39 is 0 Å². The maximum absolute atomic E-state index is 5.70. The standard InChI is InChI=1S/C12H14BrN3S/c1-16-6-5-15-12(16)4-7-17-11-3-2-9(14)8-10(11)13/h2-3,5-6,8H,4,7,14H2,1H3. The van der Waals surface area contributed by atoms with E-state index in [1.165, 1.54) is 4.90 Å². The number of halogens is 1. The molecule has 1 aromatic heterocycles. The van der Waals surface area contributed by atoms with Crippen LogP contribution in [-0.4, -0.2) is 15.3 Å². The summed E-state index contributed by atoms with van der Waals surface area (Å²) in [6.45, 7) is 0. The number of anilines is 1. The van der Waals surface area contributed by atoms with E-state index in [1.54, 1.807) is 11.8 Å². The van der Waals surface area contributed by atoms with Crippen molar-refractivity contribution in [2.75, 3.05) is 11.5 Å². The molecule has 0 saturated carbocycles. The minimum Gasteiger partial charge on any atom is -0.399 e. The summed E-state index contributed by atoms with van der Waals surface area (Å²) in [5, 5.41) is 0. The zero-order valence-corrected chi connectivity index (χ0v) is 12.0. The van der Waals surface area contributed by atoms with E-state index >= 15 is 0 Å². The lowest BCUT2D eigenvalue weighted by Crippen LogP contribution is -1.98. The molecule has 0 spiro atoms. The van der Waals surface area contributed by atoms with Gasteiger partial charge in [-0.3, -0.25) is 0 Å². The summed E-state index contributed by atoms with van der Waals surface area (Å²) in [5.41, 5.74) is 6.48. The summed E-state index contributed by atoms with van der Waals surface area (Å²) in [4.78, 5) is 5.52. The van der Waals surface area contributed by atoms with Crippen molar-refractivity contribution in [2.24, 2.45) is 7.05 Å². The topological polar surface area (TPSA) is 43.8 Å². The number of imidazole rings is 1. The molecule has 2 N–H and O–H groups in total. The normalized spacial score (nSPS) is 10.7. The zero-order valence-electron chi connectivity index (χ0n) is 9.56. The first kappa shape index (κ1) is 12.5. The van der Waals surface area contributed by atoms with Crippen LogP contribution in [0.15, 0.2) is 40.0 Å². The van der Waals surface area contributed by atoms with E-state index in [1.807, 2.05) is 37.6 Å². The molecule has 0 aliphatic rings. The van der Waals surface area contributed by atoms with Crippen LogP contribution in [0.4, 0.5) is 5.69 Å². The molecule has 1 aromatic carbocycles. The molecule has 0 aliphatic heterocycles. The Kier molecular flexibility index (Phi) is 4.12. The second-order valence-corrected chi connectivity index (χ2v) is 5.73. The molecule has 2 rings (SSSR count).